The van der Waals surface area contributed by atoms with Crippen molar-refractivity contribution in [2.45, 2.75) is 13.5 Å². The number of halogens is 2. The van der Waals surface area contributed by atoms with Crippen LogP contribution < -0.4 is 5.32 Å². The highest BCUT2D eigenvalue weighted by Crippen LogP contribution is 2.21. The van der Waals surface area contributed by atoms with Gasteiger partial charge in [-0.3, -0.25) is 0 Å². The van der Waals surface area contributed by atoms with Crippen LogP contribution in [0.4, 0.5) is 4.39 Å². The van der Waals surface area contributed by atoms with Crippen LogP contribution >= 0.6 is 15.9 Å². The normalized spacial score (nSPS) is 10.6. The van der Waals surface area contributed by atoms with Gasteiger partial charge in [0.05, 0.1) is 5.69 Å². The Bertz CT molecular complexity index is 525. The molecule has 0 atom stereocenters. The van der Waals surface area contributed by atoms with Crippen molar-refractivity contribution in [3.05, 3.63) is 46.4 Å². The standard InChI is InChI=1S/C13H13BrFN3/c1-2-16-8-12-3-4-17-13(18-12)9-5-10(14)7-11(15)6-9/h3-7,16H,2,8H2,1H3. The predicted molar refractivity (Wildman–Crippen MR) is 72.5 cm³/mol. The molecule has 1 aromatic carbocycles. The maximum absolute atomic E-state index is 13.3. The zero-order valence-corrected chi connectivity index (χ0v) is 11.5. The third kappa shape index (κ3) is 3.34. The first-order valence-electron chi connectivity index (χ1n) is 5.68. The lowest BCUT2D eigenvalue weighted by atomic mass is 10.2. The van der Waals surface area contributed by atoms with Crippen molar-refractivity contribution in [1.82, 2.24) is 15.3 Å². The predicted octanol–water partition coefficient (Wildman–Crippen LogP) is 3.15. The molecule has 0 saturated carbocycles. The topological polar surface area (TPSA) is 37.8 Å². The van der Waals surface area contributed by atoms with E-state index in [0.29, 0.717) is 22.4 Å². The van der Waals surface area contributed by atoms with Gasteiger partial charge in [-0.15, -0.1) is 0 Å². The van der Waals surface area contributed by atoms with Gasteiger partial charge in [0.1, 0.15) is 5.82 Å². The number of rotatable bonds is 4. The van der Waals surface area contributed by atoms with Gasteiger partial charge in [0.25, 0.3) is 0 Å². The molecule has 2 aromatic rings. The minimum atomic E-state index is -0.305. The van der Waals surface area contributed by atoms with Gasteiger partial charge < -0.3 is 5.32 Å². The van der Waals surface area contributed by atoms with E-state index in [0.717, 1.165) is 12.2 Å². The van der Waals surface area contributed by atoms with Gasteiger partial charge in [-0.1, -0.05) is 22.9 Å². The molecular weight excluding hydrogens is 297 g/mol. The van der Waals surface area contributed by atoms with Crippen LogP contribution in [0.5, 0.6) is 0 Å². The second kappa shape index (κ2) is 6.02. The zero-order chi connectivity index (χ0) is 13.0. The van der Waals surface area contributed by atoms with Crippen LogP contribution in [0.25, 0.3) is 11.4 Å². The lowest BCUT2D eigenvalue weighted by Gasteiger charge is -2.05. The molecule has 0 unspecified atom stereocenters. The van der Waals surface area contributed by atoms with Gasteiger partial charge >= 0.3 is 0 Å². The van der Waals surface area contributed by atoms with Crippen molar-refractivity contribution in [3.63, 3.8) is 0 Å². The van der Waals surface area contributed by atoms with E-state index in [-0.39, 0.29) is 5.82 Å². The smallest absolute Gasteiger partial charge is 0.159 e. The SMILES string of the molecule is CCNCc1ccnc(-c2cc(F)cc(Br)c2)n1. The quantitative estimate of drug-likeness (QED) is 0.942. The molecule has 0 radical (unpaired) electrons. The summed E-state index contributed by atoms with van der Waals surface area (Å²) in [4.78, 5) is 8.58. The number of benzene rings is 1. The molecule has 94 valence electrons. The van der Waals surface area contributed by atoms with Crippen LogP contribution in [0.15, 0.2) is 34.9 Å². The van der Waals surface area contributed by atoms with Crippen LogP contribution in [0.3, 0.4) is 0 Å². The van der Waals surface area contributed by atoms with Crippen molar-refractivity contribution in [2.75, 3.05) is 6.54 Å². The Morgan fingerprint density at radius 1 is 1.33 bits per heavy atom. The Balaban J connectivity index is 2.32. The van der Waals surface area contributed by atoms with Gasteiger partial charge in [-0.25, -0.2) is 14.4 Å². The van der Waals surface area contributed by atoms with Gasteiger partial charge in [0, 0.05) is 22.8 Å². The molecule has 0 aliphatic carbocycles. The summed E-state index contributed by atoms with van der Waals surface area (Å²) in [6.45, 7) is 3.60. The number of aromatic nitrogens is 2. The molecule has 1 heterocycles. The van der Waals surface area contributed by atoms with Gasteiger partial charge in [-0.05, 0) is 30.8 Å². The number of hydrogen-bond acceptors (Lipinski definition) is 3. The molecule has 0 saturated heterocycles. The average molecular weight is 310 g/mol. The Kier molecular flexibility index (Phi) is 4.38. The Morgan fingerprint density at radius 2 is 2.17 bits per heavy atom. The van der Waals surface area contributed by atoms with Gasteiger partial charge in [0.2, 0.25) is 0 Å². The highest BCUT2D eigenvalue weighted by molar-refractivity contribution is 9.10. The molecule has 5 heteroatoms. The maximum Gasteiger partial charge on any atom is 0.159 e. The fraction of sp³-hybridized carbons (Fsp3) is 0.231. The summed E-state index contributed by atoms with van der Waals surface area (Å²) in [5.41, 5.74) is 1.56. The first-order chi connectivity index (χ1) is 8.69. The molecule has 18 heavy (non-hydrogen) atoms. The molecule has 0 aliphatic heterocycles. The van der Waals surface area contributed by atoms with Crippen molar-refractivity contribution in [3.8, 4) is 11.4 Å². The molecule has 0 aliphatic rings. The van der Waals surface area contributed by atoms with Crippen LogP contribution in [0.2, 0.25) is 0 Å². The molecule has 0 bridgehead atoms. The van der Waals surface area contributed by atoms with E-state index >= 15 is 0 Å². The first-order valence-corrected chi connectivity index (χ1v) is 6.47. The molecular formula is C13H13BrFN3. The summed E-state index contributed by atoms with van der Waals surface area (Å²) >= 11 is 3.26. The Morgan fingerprint density at radius 3 is 2.89 bits per heavy atom. The van der Waals surface area contributed by atoms with E-state index in [2.05, 4.69) is 31.2 Å². The second-order valence-corrected chi connectivity index (χ2v) is 4.73. The van der Waals surface area contributed by atoms with Gasteiger partial charge in [-0.2, -0.15) is 0 Å². The summed E-state index contributed by atoms with van der Waals surface area (Å²) in [6, 6.07) is 6.49. The molecule has 1 aromatic heterocycles. The fourth-order valence-electron chi connectivity index (χ4n) is 1.57. The van der Waals surface area contributed by atoms with Crippen LogP contribution in [-0.4, -0.2) is 16.5 Å². The van der Waals surface area contributed by atoms with Crippen LogP contribution in [0.1, 0.15) is 12.6 Å². The number of hydrogen-bond donors (Lipinski definition) is 1. The summed E-state index contributed by atoms with van der Waals surface area (Å²) in [7, 11) is 0. The minimum Gasteiger partial charge on any atom is -0.311 e. The monoisotopic (exact) mass is 309 g/mol. The highest BCUT2D eigenvalue weighted by Gasteiger charge is 2.05. The van der Waals surface area contributed by atoms with E-state index < -0.39 is 0 Å². The zero-order valence-electron chi connectivity index (χ0n) is 9.95. The van der Waals surface area contributed by atoms with Crippen molar-refractivity contribution in [1.29, 1.82) is 0 Å². The summed E-state index contributed by atoms with van der Waals surface area (Å²) < 4.78 is 14.0. The summed E-state index contributed by atoms with van der Waals surface area (Å²) in [5, 5.41) is 3.19. The minimum absolute atomic E-state index is 0.305. The number of nitrogens with one attached hydrogen (secondary N) is 1. The van der Waals surface area contributed by atoms with E-state index in [1.54, 1.807) is 12.3 Å². The van der Waals surface area contributed by atoms with E-state index in [1.807, 2.05) is 13.0 Å². The largest absolute Gasteiger partial charge is 0.311 e. The van der Waals surface area contributed by atoms with Gasteiger partial charge in [0.15, 0.2) is 5.82 Å². The molecule has 0 fully saturated rings. The third-order valence-electron chi connectivity index (χ3n) is 2.39. The summed E-state index contributed by atoms with van der Waals surface area (Å²) in [6.07, 6.45) is 1.69. The summed E-state index contributed by atoms with van der Waals surface area (Å²) in [5.74, 6) is 0.227. The molecule has 3 nitrogen and oxygen atoms in total. The van der Waals surface area contributed by atoms with E-state index in [1.165, 1.54) is 12.1 Å². The van der Waals surface area contributed by atoms with Crippen LogP contribution in [-0.2, 0) is 6.54 Å². The second-order valence-electron chi connectivity index (χ2n) is 3.81. The molecule has 1 N–H and O–H groups in total. The fourth-order valence-corrected chi connectivity index (χ4v) is 2.03. The van der Waals surface area contributed by atoms with Crippen LogP contribution in [0, 0.1) is 5.82 Å². The van der Waals surface area contributed by atoms with Crippen molar-refractivity contribution >= 4 is 15.9 Å². The molecule has 2 rings (SSSR count). The van der Waals surface area contributed by atoms with E-state index in [9.17, 15) is 4.39 Å². The number of nitrogens with zero attached hydrogens (tertiary/aromatic N) is 2. The maximum atomic E-state index is 13.3. The van der Waals surface area contributed by atoms with Crippen molar-refractivity contribution in [2.24, 2.45) is 0 Å². The third-order valence-corrected chi connectivity index (χ3v) is 2.85. The van der Waals surface area contributed by atoms with Crippen molar-refractivity contribution < 1.29 is 4.39 Å². The Labute approximate surface area is 114 Å². The molecule has 0 spiro atoms. The lowest BCUT2D eigenvalue weighted by molar-refractivity contribution is 0.627. The lowest BCUT2D eigenvalue weighted by Crippen LogP contribution is -2.13. The molecule has 0 amide bonds. The Hall–Kier alpha value is -1.33. The first kappa shape index (κ1) is 13.1. The average Bonchev–Trinajstić information content (AvgIpc) is 2.35. The highest BCUT2D eigenvalue weighted by atomic mass is 79.9. The van der Waals surface area contributed by atoms with E-state index in [4.69, 9.17) is 0 Å².